The van der Waals surface area contributed by atoms with Gasteiger partial charge in [-0.1, -0.05) is 12.7 Å². The molecule has 174 valence electrons. The predicted octanol–water partition coefficient (Wildman–Crippen LogP) is 3.52. The maximum atomic E-state index is 12.9. The number of pyridine rings is 1. The molecular weight excluding hydrogens is 420 g/mol. The largest absolute Gasteiger partial charge is 0.495 e. The molecule has 0 aliphatic carbocycles. The van der Waals surface area contributed by atoms with Gasteiger partial charge in [0.1, 0.15) is 23.3 Å². The van der Waals surface area contributed by atoms with Crippen molar-refractivity contribution in [3.8, 4) is 6.07 Å². The molecule has 0 saturated carbocycles. The summed E-state index contributed by atoms with van der Waals surface area (Å²) in [5.74, 6) is 0.886. The molecule has 3 heterocycles. The lowest BCUT2D eigenvalue weighted by Gasteiger charge is -2.22. The van der Waals surface area contributed by atoms with Gasteiger partial charge in [0, 0.05) is 50.3 Å². The molecule has 0 spiro atoms. The van der Waals surface area contributed by atoms with Crippen LogP contribution in [0, 0.1) is 11.3 Å². The van der Waals surface area contributed by atoms with E-state index in [0.717, 1.165) is 17.5 Å². The number of allylic oxidation sites excluding steroid dienone is 2. The summed E-state index contributed by atoms with van der Waals surface area (Å²) >= 11 is 0. The van der Waals surface area contributed by atoms with Crippen molar-refractivity contribution >= 4 is 28.4 Å². The number of methoxy groups -OCH3 is 1. The molecule has 2 aromatic rings. The molecule has 1 atom stereocenters. The van der Waals surface area contributed by atoms with Crippen molar-refractivity contribution < 1.29 is 14.3 Å². The van der Waals surface area contributed by atoms with E-state index in [1.54, 1.807) is 38.4 Å². The van der Waals surface area contributed by atoms with Gasteiger partial charge in [0.2, 0.25) is 5.91 Å². The van der Waals surface area contributed by atoms with Crippen LogP contribution in [0.2, 0.25) is 0 Å². The van der Waals surface area contributed by atoms with Crippen molar-refractivity contribution in [1.29, 1.82) is 5.26 Å². The number of hydrogen-bond donors (Lipinski definition) is 3. The molecule has 3 N–H and O–H groups in total. The molecule has 9 nitrogen and oxygen atoms in total. The number of H-pyrrole nitrogens is 1. The van der Waals surface area contributed by atoms with Gasteiger partial charge in [-0.2, -0.15) is 5.26 Å². The Morgan fingerprint density at radius 3 is 2.97 bits per heavy atom. The van der Waals surface area contributed by atoms with Gasteiger partial charge >= 0.3 is 0 Å². The van der Waals surface area contributed by atoms with Crippen LogP contribution in [-0.2, 0) is 14.3 Å². The number of carbonyl (C=O) groups excluding carboxylic acids is 1. The summed E-state index contributed by atoms with van der Waals surface area (Å²) in [6, 6.07) is 3.96. The van der Waals surface area contributed by atoms with Gasteiger partial charge in [-0.3, -0.25) is 4.79 Å². The van der Waals surface area contributed by atoms with Crippen molar-refractivity contribution in [3.63, 3.8) is 0 Å². The van der Waals surface area contributed by atoms with E-state index in [9.17, 15) is 10.1 Å². The second-order valence-electron chi connectivity index (χ2n) is 7.81. The van der Waals surface area contributed by atoms with Gasteiger partial charge < -0.3 is 30.0 Å². The Hall–Kier alpha value is -3.77. The lowest BCUT2D eigenvalue weighted by molar-refractivity contribution is -0.127. The van der Waals surface area contributed by atoms with E-state index in [4.69, 9.17) is 9.47 Å². The Morgan fingerprint density at radius 1 is 1.48 bits per heavy atom. The average molecular weight is 451 g/mol. The molecule has 9 heteroatoms. The highest BCUT2D eigenvalue weighted by atomic mass is 16.5. The summed E-state index contributed by atoms with van der Waals surface area (Å²) in [7, 11) is 3.31. The molecule has 1 fully saturated rings. The van der Waals surface area contributed by atoms with E-state index in [2.05, 4.69) is 33.2 Å². The summed E-state index contributed by atoms with van der Waals surface area (Å²) < 4.78 is 11.0. The molecule has 0 aromatic carbocycles. The average Bonchev–Trinajstić information content (AvgIpc) is 3.12. The molecule has 1 aliphatic heterocycles. The molecule has 1 saturated heterocycles. The number of hydrogen-bond acceptors (Lipinski definition) is 7. The van der Waals surface area contributed by atoms with Crippen LogP contribution in [0.1, 0.15) is 25.8 Å². The van der Waals surface area contributed by atoms with Gasteiger partial charge in [0.25, 0.3) is 0 Å². The highest BCUT2D eigenvalue weighted by molar-refractivity contribution is 5.96. The van der Waals surface area contributed by atoms with Gasteiger partial charge in [0.15, 0.2) is 0 Å². The fraction of sp³-hybridized carbons (Fsp3) is 0.375. The van der Waals surface area contributed by atoms with Crippen LogP contribution in [0.5, 0.6) is 0 Å². The Kier molecular flexibility index (Phi) is 7.74. The van der Waals surface area contributed by atoms with Crippen LogP contribution >= 0.6 is 0 Å². The van der Waals surface area contributed by atoms with Crippen LogP contribution in [-0.4, -0.2) is 60.7 Å². The Bertz CT molecular complexity index is 1140. The smallest absolute Gasteiger partial charge is 0.249 e. The van der Waals surface area contributed by atoms with Crippen molar-refractivity contribution in [2.24, 2.45) is 0 Å². The van der Waals surface area contributed by atoms with Gasteiger partial charge in [0.05, 0.1) is 29.9 Å². The number of aromatic amines is 1. The molecule has 0 radical (unpaired) electrons. The second kappa shape index (κ2) is 10.7. The van der Waals surface area contributed by atoms with Gasteiger partial charge in [-0.05, 0) is 26.3 Å². The summed E-state index contributed by atoms with van der Waals surface area (Å²) in [6.45, 7) is 9.61. The lowest BCUT2D eigenvalue weighted by atomic mass is 10.2. The van der Waals surface area contributed by atoms with E-state index < -0.39 is 0 Å². The van der Waals surface area contributed by atoms with Gasteiger partial charge in [-0.15, -0.1) is 0 Å². The van der Waals surface area contributed by atoms with E-state index in [1.807, 2.05) is 11.8 Å². The summed E-state index contributed by atoms with van der Waals surface area (Å²) in [6.07, 6.45) is 5.95. The number of carbonyl (C=O) groups is 1. The normalized spacial score (nSPS) is 17.3. The first-order valence-corrected chi connectivity index (χ1v) is 10.8. The highest BCUT2D eigenvalue weighted by Gasteiger charge is 2.20. The minimum Gasteiger partial charge on any atom is -0.495 e. The number of nitrogens with zero attached hydrogens (tertiary/aromatic N) is 3. The molecular formula is C24H30N6O3. The first kappa shape index (κ1) is 23.9. The number of nitrogens with one attached hydrogen (secondary N) is 3. The third kappa shape index (κ3) is 5.54. The Labute approximate surface area is 193 Å². The van der Waals surface area contributed by atoms with E-state index >= 15 is 0 Å². The first-order valence-electron chi connectivity index (χ1n) is 10.8. The SMILES string of the molecule is C=C(OC)/C(=C\C=C(/C)C(=O)N1CCCO[C@H](C)C1)Nc1cc(NC)c2c(C#N)c[nH]c2n1. The molecule has 1 amide bonds. The first-order chi connectivity index (χ1) is 15.9. The summed E-state index contributed by atoms with van der Waals surface area (Å²) in [5, 5.41) is 16.4. The lowest BCUT2D eigenvalue weighted by Crippen LogP contribution is -2.36. The number of amides is 1. The quantitative estimate of drug-likeness (QED) is 0.336. The van der Waals surface area contributed by atoms with Crippen molar-refractivity contribution in [2.75, 3.05) is 44.5 Å². The van der Waals surface area contributed by atoms with Crippen molar-refractivity contribution in [2.45, 2.75) is 26.4 Å². The van der Waals surface area contributed by atoms with Crippen molar-refractivity contribution in [1.82, 2.24) is 14.9 Å². The maximum absolute atomic E-state index is 12.9. The van der Waals surface area contributed by atoms with E-state index in [-0.39, 0.29) is 12.0 Å². The Morgan fingerprint density at radius 2 is 2.27 bits per heavy atom. The molecule has 3 rings (SSSR count). The van der Waals surface area contributed by atoms with Gasteiger partial charge in [-0.25, -0.2) is 4.98 Å². The number of rotatable bonds is 7. The minimum atomic E-state index is -0.0292. The van der Waals surface area contributed by atoms with Crippen LogP contribution < -0.4 is 10.6 Å². The fourth-order valence-electron chi connectivity index (χ4n) is 3.64. The molecule has 0 bridgehead atoms. The van der Waals surface area contributed by atoms with Crippen LogP contribution in [0.3, 0.4) is 0 Å². The number of fused-ring (bicyclic) bond motifs is 1. The standard InChI is InChI=1S/C24H30N6O3/c1-15(24(31)30-9-6-10-33-16(2)14-30)7-8-19(17(3)32-5)28-21-11-20(26-4)22-18(12-25)13-27-23(22)29-21/h7-8,11,13,16H,3,6,9-10,14H2,1-2,4-5H3,(H3,26,27,28,29)/b15-7+,19-8+/t16-/m1/s1. The van der Waals surface area contributed by atoms with E-state index in [1.165, 1.54) is 7.11 Å². The Balaban J connectivity index is 1.87. The van der Waals surface area contributed by atoms with E-state index in [0.29, 0.717) is 53.8 Å². The minimum absolute atomic E-state index is 0.0159. The van der Waals surface area contributed by atoms with Crippen LogP contribution in [0.4, 0.5) is 11.5 Å². The predicted molar refractivity (Wildman–Crippen MR) is 129 cm³/mol. The third-order valence-electron chi connectivity index (χ3n) is 5.42. The molecule has 2 aromatic heterocycles. The number of nitriles is 1. The zero-order valence-corrected chi connectivity index (χ0v) is 19.5. The highest BCUT2D eigenvalue weighted by Crippen LogP contribution is 2.28. The zero-order valence-electron chi connectivity index (χ0n) is 19.5. The third-order valence-corrected chi connectivity index (χ3v) is 5.42. The second-order valence-corrected chi connectivity index (χ2v) is 7.81. The molecule has 33 heavy (non-hydrogen) atoms. The van der Waals surface area contributed by atoms with Crippen LogP contribution in [0.15, 0.2) is 48.0 Å². The topological polar surface area (TPSA) is 115 Å². The summed E-state index contributed by atoms with van der Waals surface area (Å²) in [5.41, 5.74) is 2.98. The fourth-order valence-corrected chi connectivity index (χ4v) is 3.64. The van der Waals surface area contributed by atoms with Crippen molar-refractivity contribution in [3.05, 3.63) is 53.6 Å². The zero-order chi connectivity index (χ0) is 24.0. The number of ether oxygens (including phenoxy) is 2. The molecule has 0 unspecified atom stereocenters. The van der Waals surface area contributed by atoms with Crippen LogP contribution in [0.25, 0.3) is 11.0 Å². The summed E-state index contributed by atoms with van der Waals surface area (Å²) in [4.78, 5) is 22.3. The monoisotopic (exact) mass is 450 g/mol. The number of aromatic nitrogens is 2. The molecule has 1 aliphatic rings. The maximum Gasteiger partial charge on any atom is 0.249 e. The number of anilines is 2.